The molecule has 1 aliphatic heterocycles. The highest BCUT2D eigenvalue weighted by atomic mass is 16.5. The second-order valence-electron chi connectivity index (χ2n) is 16.6. The Morgan fingerprint density at radius 3 is 1.99 bits per heavy atom. The van der Waals surface area contributed by atoms with Crippen molar-refractivity contribution in [2.24, 2.45) is 34.4 Å². The molecule has 0 radical (unpaired) electrons. The number of guanidine groups is 1. The molecular weight excluding hydrogens is 921 g/mol. The molecule has 0 aromatic heterocycles. The number of rotatable bonds is 35. The van der Waals surface area contributed by atoms with E-state index >= 15 is 0 Å². The zero-order chi connectivity index (χ0) is 52.8. The summed E-state index contributed by atoms with van der Waals surface area (Å²) in [6.45, 7) is 1.28. The Balaban J connectivity index is 3.10. The van der Waals surface area contributed by atoms with Crippen molar-refractivity contribution in [2.75, 3.05) is 59.5 Å². The number of aliphatic carboxylic acids is 1. The lowest BCUT2D eigenvalue weighted by atomic mass is 10.1. The van der Waals surface area contributed by atoms with Gasteiger partial charge in [-0.1, -0.05) is 12.5 Å². The lowest BCUT2D eigenvalue weighted by molar-refractivity contribution is -0.142. The van der Waals surface area contributed by atoms with E-state index in [4.69, 9.17) is 44.5 Å². The van der Waals surface area contributed by atoms with Gasteiger partial charge in [-0.05, 0) is 97.2 Å². The first-order chi connectivity index (χ1) is 33.3. The number of nitrogens with two attached hydrogens (primary N) is 6. The van der Waals surface area contributed by atoms with E-state index in [1.807, 2.05) is 0 Å². The molecule has 0 saturated carbocycles. The summed E-state index contributed by atoms with van der Waals surface area (Å²) in [6.07, 6.45) is 2.99. The summed E-state index contributed by atoms with van der Waals surface area (Å²) in [7, 11) is 1.38. The fourth-order valence-electron chi connectivity index (χ4n) is 7.03. The number of carbonyl (C=O) groups excluding carboxylic acids is 8. The number of methoxy groups -OCH3 is 1. The number of ether oxygens (including phenoxy) is 1. The molecule has 0 aromatic carbocycles. The molecule has 398 valence electrons. The van der Waals surface area contributed by atoms with E-state index in [9.17, 15) is 53.4 Å². The Labute approximate surface area is 407 Å². The minimum Gasteiger partial charge on any atom is -0.477 e. The fraction of sp³-hybridized carbons (Fsp3) is 0.714. The quantitative estimate of drug-likeness (QED) is 0.0121. The van der Waals surface area contributed by atoms with Crippen molar-refractivity contribution >= 4 is 59.2 Å². The molecule has 23 N–H and O–H groups in total. The van der Waals surface area contributed by atoms with Gasteiger partial charge in [0.05, 0.1) is 18.7 Å². The second kappa shape index (κ2) is 34.3. The van der Waals surface area contributed by atoms with E-state index in [-0.39, 0.29) is 83.7 Å². The Hall–Kier alpha value is -6.04. The number of hydrogen-bond acceptors (Lipinski definition) is 17. The molecule has 28 nitrogen and oxygen atoms in total. The lowest BCUT2D eigenvalue weighted by Gasteiger charge is -2.30. The van der Waals surface area contributed by atoms with Crippen LogP contribution in [-0.2, 0) is 47.9 Å². The summed E-state index contributed by atoms with van der Waals surface area (Å²) in [6, 6.07) is -8.67. The monoisotopic (exact) mass is 999 g/mol. The van der Waals surface area contributed by atoms with E-state index in [0.717, 1.165) is 0 Å². The number of hydrogen-bond donors (Lipinski definition) is 17. The summed E-state index contributed by atoms with van der Waals surface area (Å²) in [5, 5.41) is 47.1. The molecule has 1 rings (SSSR count). The van der Waals surface area contributed by atoms with Crippen LogP contribution in [0.15, 0.2) is 11.8 Å². The van der Waals surface area contributed by atoms with Gasteiger partial charge in [0.2, 0.25) is 47.3 Å². The fourth-order valence-corrected chi connectivity index (χ4v) is 7.03. The number of unbranched alkanes of at least 4 members (excludes halogenated alkanes) is 2. The number of aliphatic hydroxyl groups excluding tert-OH is 1. The van der Waals surface area contributed by atoms with Crippen LogP contribution >= 0.6 is 0 Å². The highest BCUT2D eigenvalue weighted by molar-refractivity contribution is 5.99. The molecule has 1 fully saturated rings. The number of likely N-dealkylation sites (tertiary alicyclic amines) is 1. The van der Waals surface area contributed by atoms with E-state index in [1.165, 1.54) is 25.0 Å². The summed E-state index contributed by atoms with van der Waals surface area (Å²) in [4.78, 5) is 120. The van der Waals surface area contributed by atoms with Crippen LogP contribution < -0.4 is 76.9 Å². The Bertz CT molecular complexity index is 1770. The molecule has 70 heavy (non-hydrogen) atoms. The Morgan fingerprint density at radius 1 is 0.757 bits per heavy atom. The number of nitrogens with one attached hydrogen (secondary N) is 9. The average Bonchev–Trinajstić information content (AvgIpc) is 3.82. The van der Waals surface area contributed by atoms with E-state index in [1.54, 1.807) is 0 Å². The normalized spacial score (nSPS) is 16.5. The lowest BCUT2D eigenvalue weighted by Crippen LogP contribution is -2.60. The topological polar surface area (TPSA) is 483 Å². The van der Waals surface area contributed by atoms with Crippen molar-refractivity contribution in [3.05, 3.63) is 11.8 Å². The highest BCUT2D eigenvalue weighted by Gasteiger charge is 2.39. The zero-order valence-corrected chi connectivity index (χ0v) is 40.2. The van der Waals surface area contributed by atoms with Crippen LogP contribution in [0.1, 0.15) is 84.0 Å². The minimum atomic E-state index is -1.56. The number of carboxylic acid groups (broad SMARTS) is 1. The Kier molecular flexibility index (Phi) is 30.4. The number of carboxylic acids is 1. The van der Waals surface area contributed by atoms with Crippen molar-refractivity contribution in [2.45, 2.75) is 132 Å². The van der Waals surface area contributed by atoms with Crippen molar-refractivity contribution in [3.8, 4) is 0 Å². The third-order valence-corrected chi connectivity index (χ3v) is 11.0. The van der Waals surface area contributed by atoms with Crippen LogP contribution in [0, 0.1) is 5.41 Å². The van der Waals surface area contributed by atoms with Crippen molar-refractivity contribution < 1.29 is 58.1 Å². The molecule has 0 bridgehead atoms. The van der Waals surface area contributed by atoms with Gasteiger partial charge in [0.15, 0.2) is 5.96 Å². The average molecular weight is 999 g/mol. The maximum absolute atomic E-state index is 14.0. The molecule has 8 amide bonds. The van der Waals surface area contributed by atoms with Crippen LogP contribution in [0.4, 0.5) is 0 Å². The second-order valence-corrected chi connectivity index (χ2v) is 16.6. The molecule has 28 heteroatoms. The summed E-state index contributed by atoms with van der Waals surface area (Å²) in [5.41, 5.74) is 33.1. The molecule has 0 spiro atoms. The first-order valence-corrected chi connectivity index (χ1v) is 23.4. The van der Waals surface area contributed by atoms with Gasteiger partial charge in [0, 0.05) is 33.4 Å². The van der Waals surface area contributed by atoms with Gasteiger partial charge in [-0.3, -0.25) is 43.8 Å². The summed E-state index contributed by atoms with van der Waals surface area (Å²) >= 11 is 0. The zero-order valence-electron chi connectivity index (χ0n) is 40.2. The molecule has 0 aliphatic carbocycles. The van der Waals surface area contributed by atoms with Crippen LogP contribution in [0.5, 0.6) is 0 Å². The van der Waals surface area contributed by atoms with Gasteiger partial charge < -0.3 is 96.8 Å². The predicted octanol–water partition coefficient (Wildman–Crippen LogP) is -6.82. The number of nitrogens with zero attached hydrogens (tertiary/aromatic N) is 1. The van der Waals surface area contributed by atoms with Gasteiger partial charge in [0.1, 0.15) is 41.9 Å². The van der Waals surface area contributed by atoms with Crippen LogP contribution in [0.2, 0.25) is 0 Å². The maximum Gasteiger partial charge on any atom is 0.352 e. The smallest absolute Gasteiger partial charge is 0.352 e. The molecule has 0 unspecified atom stereocenters. The first-order valence-electron chi connectivity index (χ1n) is 23.4. The van der Waals surface area contributed by atoms with Crippen LogP contribution in [0.3, 0.4) is 0 Å². The first kappa shape index (κ1) is 62.0. The van der Waals surface area contributed by atoms with Crippen LogP contribution in [-0.4, -0.2) is 182 Å². The summed E-state index contributed by atoms with van der Waals surface area (Å²) < 4.78 is 5.17. The van der Waals surface area contributed by atoms with E-state index < -0.39 is 120 Å². The third kappa shape index (κ3) is 23.0. The van der Waals surface area contributed by atoms with Gasteiger partial charge in [-0.25, -0.2) is 4.79 Å². The van der Waals surface area contributed by atoms with E-state index in [2.05, 4.69) is 42.5 Å². The molecule has 1 heterocycles. The molecule has 0 aromatic rings. The maximum atomic E-state index is 14.0. The molecule has 1 saturated heterocycles. The van der Waals surface area contributed by atoms with Crippen molar-refractivity contribution in [3.63, 3.8) is 0 Å². The van der Waals surface area contributed by atoms with Crippen molar-refractivity contribution in [1.82, 2.24) is 47.4 Å². The van der Waals surface area contributed by atoms with Gasteiger partial charge in [-0.2, -0.15) is 0 Å². The number of amides is 8. The highest BCUT2D eigenvalue weighted by Crippen LogP contribution is 2.20. The standard InChI is InChI=1S/C42H78N16O12/c1-24(52-39(66)33(31(59)22-46)57-35(62)25(47)10-3-5-16-43)34(61)51-23-32(60)53-28(12-7-18-45)40(67)58-20-9-14-30(58)38(65)55-27(15-21-70-2)37(64)54-26(11-4-6-17-44)36(63)56-29(41(68)69)13-8-19-50-42(48)49/h13,24-28,30-31,33,59H,3-12,14-23,43-47H2,1-2H3,(H,51,61)(H,52,66)(H,53,60)(H,54,64)(H,55,65)(H,56,63)(H,57,62)(H,68,69)(H4,48,49,50)/b29-13-/t24-,25-,26-,27-,28+,30-,31-,33-/m0/s1. The third-order valence-electron chi connectivity index (χ3n) is 11.0. The molecular formula is C42H78N16O12. The molecule has 1 aliphatic rings. The molecule has 8 atom stereocenters. The Morgan fingerprint density at radius 2 is 1.39 bits per heavy atom. The summed E-state index contributed by atoms with van der Waals surface area (Å²) in [5.74, 6) is -8.06. The minimum absolute atomic E-state index is 0.00755. The predicted molar refractivity (Wildman–Crippen MR) is 255 cm³/mol. The van der Waals surface area contributed by atoms with Crippen LogP contribution in [0.25, 0.3) is 0 Å². The van der Waals surface area contributed by atoms with Gasteiger partial charge in [-0.15, -0.1) is 0 Å². The SMILES string of the molecule is COCC[C@H](NC(=O)[C@@H]1CCCN1C(=O)[C@@H](CCCN)NC(=O)CNC(=O)[C@H](C)NC(=O)[C@@H](NC(=O)[C@@H](N)CCCCN)[C@@H](O)CN)C(=O)N[C@@H](CCCCN)C(=O)N/C(=C\CCNC(=N)N)C(=O)O. The largest absolute Gasteiger partial charge is 0.477 e. The van der Waals surface area contributed by atoms with E-state index in [0.29, 0.717) is 38.6 Å². The number of aliphatic hydroxyl groups is 1. The van der Waals surface area contributed by atoms with Gasteiger partial charge >= 0.3 is 5.97 Å². The van der Waals surface area contributed by atoms with Crippen molar-refractivity contribution in [1.29, 1.82) is 5.41 Å². The number of carbonyl (C=O) groups is 9. The van der Waals surface area contributed by atoms with Gasteiger partial charge in [0.25, 0.3) is 0 Å².